The van der Waals surface area contributed by atoms with Gasteiger partial charge in [0.25, 0.3) is 0 Å². The number of carboxylic acid groups (broad SMARTS) is 1. The molecule has 122 valence electrons. The molecule has 1 aliphatic heterocycles. The minimum atomic E-state index is -0.869. The molecule has 7 heteroatoms. The number of amides is 1. The number of carbonyl (C=O) groups is 2. The standard InChI is InChI=1S/C14H27N3O3S/c1-15(2)8-9-17(12-4-6-16(3)7-5-12)13(18)10-21-11-14(19)20/h12H,4-11H2,1-3H3,(H,19,20). The van der Waals surface area contributed by atoms with Crippen LogP contribution in [0.15, 0.2) is 0 Å². The normalized spacial score (nSPS) is 17.1. The van der Waals surface area contributed by atoms with E-state index in [1.807, 2.05) is 19.0 Å². The van der Waals surface area contributed by atoms with Gasteiger partial charge in [0.1, 0.15) is 0 Å². The maximum absolute atomic E-state index is 12.4. The molecule has 0 unspecified atom stereocenters. The molecule has 1 saturated heterocycles. The van der Waals surface area contributed by atoms with Crippen molar-refractivity contribution in [1.82, 2.24) is 14.7 Å². The summed E-state index contributed by atoms with van der Waals surface area (Å²) >= 11 is 1.18. The van der Waals surface area contributed by atoms with Gasteiger partial charge in [-0.3, -0.25) is 9.59 Å². The molecular weight excluding hydrogens is 290 g/mol. The molecule has 0 aromatic carbocycles. The van der Waals surface area contributed by atoms with Crippen LogP contribution in [0.25, 0.3) is 0 Å². The third-order valence-corrected chi connectivity index (χ3v) is 4.59. The van der Waals surface area contributed by atoms with Crippen LogP contribution in [0.4, 0.5) is 0 Å². The Morgan fingerprint density at radius 3 is 2.33 bits per heavy atom. The number of likely N-dealkylation sites (tertiary alicyclic amines) is 1. The molecule has 0 aromatic rings. The first-order valence-electron chi connectivity index (χ1n) is 7.32. The van der Waals surface area contributed by atoms with E-state index < -0.39 is 5.97 Å². The second-order valence-electron chi connectivity index (χ2n) is 5.81. The van der Waals surface area contributed by atoms with Gasteiger partial charge in [0.15, 0.2) is 0 Å². The van der Waals surface area contributed by atoms with Crippen LogP contribution < -0.4 is 0 Å². The summed E-state index contributed by atoms with van der Waals surface area (Å²) < 4.78 is 0. The Morgan fingerprint density at radius 2 is 1.81 bits per heavy atom. The Labute approximate surface area is 131 Å². The minimum Gasteiger partial charge on any atom is -0.481 e. The summed E-state index contributed by atoms with van der Waals surface area (Å²) in [6.45, 7) is 3.58. The zero-order chi connectivity index (χ0) is 15.8. The van der Waals surface area contributed by atoms with E-state index in [1.165, 1.54) is 11.8 Å². The van der Waals surface area contributed by atoms with Crippen molar-refractivity contribution in [3.05, 3.63) is 0 Å². The maximum atomic E-state index is 12.4. The van der Waals surface area contributed by atoms with Gasteiger partial charge in [0.2, 0.25) is 5.91 Å². The number of rotatable bonds is 8. The maximum Gasteiger partial charge on any atom is 0.313 e. The number of carbonyl (C=O) groups excluding carboxylic acids is 1. The number of hydrogen-bond donors (Lipinski definition) is 1. The molecule has 21 heavy (non-hydrogen) atoms. The highest BCUT2D eigenvalue weighted by Crippen LogP contribution is 2.17. The van der Waals surface area contributed by atoms with E-state index in [1.54, 1.807) is 0 Å². The molecule has 0 saturated carbocycles. The molecule has 6 nitrogen and oxygen atoms in total. The molecule has 0 aliphatic carbocycles. The summed E-state index contributed by atoms with van der Waals surface area (Å²) in [5.74, 6) is -0.559. The second kappa shape index (κ2) is 9.27. The van der Waals surface area contributed by atoms with Crippen LogP contribution in [0.5, 0.6) is 0 Å². The smallest absolute Gasteiger partial charge is 0.313 e. The first-order valence-corrected chi connectivity index (χ1v) is 8.48. The highest BCUT2D eigenvalue weighted by Gasteiger charge is 2.26. The third-order valence-electron chi connectivity index (χ3n) is 3.69. The van der Waals surface area contributed by atoms with E-state index in [2.05, 4.69) is 16.8 Å². The van der Waals surface area contributed by atoms with Gasteiger partial charge in [0.05, 0.1) is 11.5 Å². The molecule has 0 spiro atoms. The predicted molar refractivity (Wildman–Crippen MR) is 85.7 cm³/mol. The van der Waals surface area contributed by atoms with Crippen LogP contribution in [0, 0.1) is 0 Å². The van der Waals surface area contributed by atoms with Crippen molar-refractivity contribution in [3.8, 4) is 0 Å². The van der Waals surface area contributed by atoms with Crippen LogP contribution in [0.1, 0.15) is 12.8 Å². The van der Waals surface area contributed by atoms with E-state index in [9.17, 15) is 9.59 Å². The lowest BCUT2D eigenvalue weighted by molar-refractivity contribution is -0.134. The van der Waals surface area contributed by atoms with E-state index in [4.69, 9.17) is 5.11 Å². The van der Waals surface area contributed by atoms with Crippen molar-refractivity contribution in [1.29, 1.82) is 0 Å². The summed E-state index contributed by atoms with van der Waals surface area (Å²) in [7, 11) is 6.10. The molecular formula is C14H27N3O3S. The average Bonchev–Trinajstić information content (AvgIpc) is 2.40. The summed E-state index contributed by atoms with van der Waals surface area (Å²) in [5.41, 5.74) is 0. The lowest BCUT2D eigenvalue weighted by Gasteiger charge is -2.38. The SMILES string of the molecule is CN(C)CCN(C(=O)CSCC(=O)O)C1CCN(C)CC1. The molecule has 1 aliphatic rings. The summed E-state index contributed by atoms with van der Waals surface area (Å²) in [6, 6.07) is 0.291. The van der Waals surface area contributed by atoms with Gasteiger partial charge in [-0.05, 0) is 47.1 Å². The first-order chi connectivity index (χ1) is 9.90. The van der Waals surface area contributed by atoms with Crippen LogP contribution >= 0.6 is 11.8 Å². The Morgan fingerprint density at radius 1 is 1.19 bits per heavy atom. The van der Waals surface area contributed by atoms with Gasteiger partial charge in [-0.2, -0.15) is 0 Å². The molecule has 0 atom stereocenters. The first kappa shape index (κ1) is 18.3. The Hall–Kier alpha value is -0.790. The highest BCUT2D eigenvalue weighted by atomic mass is 32.2. The van der Waals surface area contributed by atoms with Crippen molar-refractivity contribution >= 4 is 23.6 Å². The molecule has 1 N–H and O–H groups in total. The van der Waals surface area contributed by atoms with Crippen molar-refractivity contribution in [2.45, 2.75) is 18.9 Å². The second-order valence-corrected chi connectivity index (χ2v) is 6.80. The Kier molecular flexibility index (Phi) is 8.06. The number of hydrogen-bond acceptors (Lipinski definition) is 5. The molecule has 1 heterocycles. The predicted octanol–water partition coefficient (Wildman–Crippen LogP) is 0.289. The van der Waals surface area contributed by atoms with Crippen LogP contribution in [-0.2, 0) is 9.59 Å². The van der Waals surface area contributed by atoms with Gasteiger partial charge in [-0.1, -0.05) is 0 Å². The van der Waals surface area contributed by atoms with E-state index in [-0.39, 0.29) is 17.4 Å². The Bertz CT molecular complexity index is 344. The molecule has 0 aromatic heterocycles. The summed E-state index contributed by atoms with van der Waals surface area (Å²) in [5, 5.41) is 8.66. The van der Waals surface area contributed by atoms with Gasteiger partial charge in [-0.15, -0.1) is 11.8 Å². The molecule has 1 fully saturated rings. The molecule has 0 bridgehead atoms. The minimum absolute atomic E-state index is 0.0132. The largest absolute Gasteiger partial charge is 0.481 e. The third kappa shape index (κ3) is 7.15. The van der Waals surface area contributed by atoms with E-state index >= 15 is 0 Å². The van der Waals surface area contributed by atoms with Crippen LogP contribution in [0.2, 0.25) is 0 Å². The number of aliphatic carboxylic acids is 1. The van der Waals surface area contributed by atoms with Crippen molar-refractivity contribution in [2.24, 2.45) is 0 Å². The van der Waals surface area contributed by atoms with Gasteiger partial charge in [-0.25, -0.2) is 0 Å². The summed E-state index contributed by atoms with van der Waals surface area (Å²) in [6.07, 6.45) is 2.00. The number of likely N-dealkylation sites (N-methyl/N-ethyl adjacent to an activating group) is 1. The highest BCUT2D eigenvalue weighted by molar-refractivity contribution is 8.00. The number of nitrogens with zero attached hydrogens (tertiary/aromatic N) is 3. The summed E-state index contributed by atoms with van der Waals surface area (Å²) in [4.78, 5) is 29.3. The van der Waals surface area contributed by atoms with Crippen LogP contribution in [0.3, 0.4) is 0 Å². The topological polar surface area (TPSA) is 64.1 Å². The van der Waals surface area contributed by atoms with Crippen LogP contribution in [-0.4, -0.2) is 96.6 Å². The van der Waals surface area contributed by atoms with Gasteiger partial charge >= 0.3 is 5.97 Å². The number of carboxylic acids is 1. The fraction of sp³-hybridized carbons (Fsp3) is 0.857. The fourth-order valence-electron chi connectivity index (χ4n) is 2.43. The average molecular weight is 317 g/mol. The van der Waals surface area contributed by atoms with Crippen molar-refractivity contribution in [3.63, 3.8) is 0 Å². The Balaban J connectivity index is 2.54. The van der Waals surface area contributed by atoms with Crippen molar-refractivity contribution < 1.29 is 14.7 Å². The quantitative estimate of drug-likeness (QED) is 0.694. The van der Waals surface area contributed by atoms with E-state index in [0.29, 0.717) is 12.6 Å². The van der Waals surface area contributed by atoms with Gasteiger partial charge < -0.3 is 19.8 Å². The zero-order valence-corrected chi connectivity index (χ0v) is 14.1. The van der Waals surface area contributed by atoms with Crippen molar-refractivity contribution in [2.75, 3.05) is 58.8 Å². The van der Waals surface area contributed by atoms with Gasteiger partial charge in [0, 0.05) is 19.1 Å². The molecule has 1 rings (SSSR count). The molecule has 0 radical (unpaired) electrons. The fourth-order valence-corrected chi connectivity index (χ4v) is 3.05. The number of piperidine rings is 1. The lowest BCUT2D eigenvalue weighted by atomic mass is 10.0. The number of thioether (sulfide) groups is 1. The zero-order valence-electron chi connectivity index (χ0n) is 13.2. The van der Waals surface area contributed by atoms with E-state index in [0.717, 1.165) is 32.5 Å². The lowest BCUT2D eigenvalue weighted by Crippen LogP contribution is -2.49. The molecule has 1 amide bonds. The monoisotopic (exact) mass is 317 g/mol.